The van der Waals surface area contributed by atoms with Gasteiger partial charge in [-0.05, 0) is 56.7 Å². The largest absolute Gasteiger partial charge is 0.338 e. The molecule has 2 fully saturated rings. The first-order chi connectivity index (χ1) is 13.6. The van der Waals surface area contributed by atoms with Crippen molar-refractivity contribution in [2.45, 2.75) is 50.5 Å². The minimum atomic E-state index is -0.648. The summed E-state index contributed by atoms with van der Waals surface area (Å²) in [6.45, 7) is 3.22. The van der Waals surface area contributed by atoms with Gasteiger partial charge in [-0.3, -0.25) is 4.79 Å². The second-order valence-corrected chi connectivity index (χ2v) is 8.55. The second-order valence-electron chi connectivity index (χ2n) is 8.55. The van der Waals surface area contributed by atoms with Gasteiger partial charge >= 0.3 is 0 Å². The third-order valence-electron chi connectivity index (χ3n) is 7.04. The molecule has 6 heteroatoms. The van der Waals surface area contributed by atoms with E-state index in [9.17, 15) is 10.1 Å². The number of carbonyl (C=O) groups excluding carboxylic acids is 1. The van der Waals surface area contributed by atoms with Crippen molar-refractivity contribution in [1.29, 1.82) is 5.26 Å². The Hall–Kier alpha value is -2.94. The Balaban J connectivity index is 1.49. The molecule has 1 amide bonds. The molecular formula is C22H21N5O. The highest BCUT2D eigenvalue weighted by Gasteiger charge is 2.65. The van der Waals surface area contributed by atoms with E-state index in [0.717, 1.165) is 54.3 Å². The highest BCUT2D eigenvalue weighted by molar-refractivity contribution is 6.09. The lowest BCUT2D eigenvalue weighted by atomic mass is 9.92. The number of rotatable bonds is 2. The Morgan fingerprint density at radius 3 is 2.93 bits per heavy atom. The lowest BCUT2D eigenvalue weighted by Crippen LogP contribution is -2.46. The fourth-order valence-corrected chi connectivity index (χ4v) is 5.09. The maximum atomic E-state index is 12.6. The molecule has 28 heavy (non-hydrogen) atoms. The Morgan fingerprint density at radius 1 is 1.32 bits per heavy atom. The van der Waals surface area contributed by atoms with Crippen LogP contribution in [-0.4, -0.2) is 28.5 Å². The molecular weight excluding hydrogens is 350 g/mol. The molecule has 1 saturated heterocycles. The zero-order valence-corrected chi connectivity index (χ0v) is 15.8. The normalized spacial score (nSPS) is 29.1. The highest BCUT2D eigenvalue weighted by atomic mass is 16.2. The van der Waals surface area contributed by atoms with Crippen molar-refractivity contribution in [2.24, 2.45) is 5.92 Å². The van der Waals surface area contributed by atoms with E-state index < -0.39 is 5.41 Å². The average Bonchev–Trinajstić information content (AvgIpc) is 3.14. The number of nitrogens with zero attached hydrogens (tertiary/aromatic N) is 4. The van der Waals surface area contributed by atoms with Crippen LogP contribution in [0.25, 0.3) is 11.3 Å². The molecule has 0 radical (unpaired) electrons. The summed E-state index contributed by atoms with van der Waals surface area (Å²) in [6, 6.07) is 8.89. The monoisotopic (exact) mass is 371 g/mol. The summed E-state index contributed by atoms with van der Waals surface area (Å²) in [5.74, 6) is 0.576. The van der Waals surface area contributed by atoms with E-state index in [0.29, 0.717) is 12.5 Å². The van der Waals surface area contributed by atoms with Gasteiger partial charge in [-0.25, -0.2) is 9.97 Å². The van der Waals surface area contributed by atoms with Crippen molar-refractivity contribution in [3.05, 3.63) is 35.0 Å². The zero-order chi connectivity index (χ0) is 19.0. The number of nitriles is 1. The number of amides is 1. The van der Waals surface area contributed by atoms with Crippen LogP contribution in [0.1, 0.15) is 43.0 Å². The standard InChI is InChI=1S/C22H21N5O/c1-12-7-8-27(12)21-25-17-4-2-3-15(17)19(26-21)13-5-6-18-16(9-13)22(20(28)24-18)10-14(22)11-23/h5-6,9,12,14H,2-4,7-8,10H2,1H3,(H,24,28)/t12-,14?,22?/m0/s1. The van der Waals surface area contributed by atoms with Crippen molar-refractivity contribution < 1.29 is 4.79 Å². The molecule has 2 unspecified atom stereocenters. The van der Waals surface area contributed by atoms with Crippen molar-refractivity contribution in [1.82, 2.24) is 9.97 Å². The molecule has 6 rings (SSSR count). The quantitative estimate of drug-likeness (QED) is 0.878. The van der Waals surface area contributed by atoms with Gasteiger partial charge in [-0.2, -0.15) is 5.26 Å². The number of carbonyl (C=O) groups is 1. The van der Waals surface area contributed by atoms with Crippen LogP contribution in [0.5, 0.6) is 0 Å². The fraction of sp³-hybridized carbons (Fsp3) is 0.455. The van der Waals surface area contributed by atoms with Gasteiger partial charge in [-0.15, -0.1) is 0 Å². The van der Waals surface area contributed by atoms with Crippen molar-refractivity contribution >= 4 is 17.5 Å². The smallest absolute Gasteiger partial charge is 0.236 e. The third kappa shape index (κ3) is 1.94. The van der Waals surface area contributed by atoms with Crippen LogP contribution in [0.3, 0.4) is 0 Å². The molecule has 1 N–H and O–H groups in total. The minimum Gasteiger partial charge on any atom is -0.338 e. The van der Waals surface area contributed by atoms with Crippen LogP contribution < -0.4 is 10.2 Å². The second kappa shape index (κ2) is 5.32. The number of aryl methyl sites for hydroxylation is 1. The van der Waals surface area contributed by atoms with Gasteiger partial charge in [-0.1, -0.05) is 6.07 Å². The third-order valence-corrected chi connectivity index (χ3v) is 7.04. The van der Waals surface area contributed by atoms with Gasteiger partial charge in [0.2, 0.25) is 11.9 Å². The van der Waals surface area contributed by atoms with Gasteiger partial charge in [0.05, 0.1) is 23.1 Å². The number of anilines is 2. The molecule has 2 aromatic rings. The average molecular weight is 371 g/mol. The van der Waals surface area contributed by atoms with Crippen LogP contribution in [-0.2, 0) is 23.1 Å². The van der Waals surface area contributed by atoms with E-state index in [1.807, 2.05) is 12.1 Å². The summed E-state index contributed by atoms with van der Waals surface area (Å²) in [5, 5.41) is 12.4. The number of aromatic nitrogens is 2. The van der Waals surface area contributed by atoms with E-state index in [4.69, 9.17) is 9.97 Å². The van der Waals surface area contributed by atoms with Gasteiger partial charge < -0.3 is 10.2 Å². The maximum Gasteiger partial charge on any atom is 0.236 e. The van der Waals surface area contributed by atoms with Crippen molar-refractivity contribution in [3.63, 3.8) is 0 Å². The summed E-state index contributed by atoms with van der Waals surface area (Å²) in [7, 11) is 0. The molecule has 6 nitrogen and oxygen atoms in total. The SMILES string of the molecule is C[C@H]1CCN1c1nc2c(c(-c3ccc4c(c3)C3(CC3C#N)C(=O)N4)n1)CCC2. The molecule has 3 atom stereocenters. The van der Waals surface area contributed by atoms with Crippen LogP contribution in [0, 0.1) is 17.2 Å². The van der Waals surface area contributed by atoms with E-state index in [1.54, 1.807) is 0 Å². The summed E-state index contributed by atoms with van der Waals surface area (Å²) < 4.78 is 0. The van der Waals surface area contributed by atoms with Crippen LogP contribution in [0.4, 0.5) is 11.6 Å². The van der Waals surface area contributed by atoms with E-state index in [2.05, 4.69) is 29.3 Å². The number of hydrogen-bond acceptors (Lipinski definition) is 5. The van der Waals surface area contributed by atoms with E-state index in [1.165, 1.54) is 17.7 Å². The Labute approximate surface area is 163 Å². The summed E-state index contributed by atoms with van der Waals surface area (Å²) in [5.41, 5.74) is 5.61. The number of benzene rings is 1. The Kier molecular flexibility index (Phi) is 3.05. The first kappa shape index (κ1) is 16.1. The molecule has 2 aliphatic carbocycles. The van der Waals surface area contributed by atoms with Crippen LogP contribution in [0.2, 0.25) is 0 Å². The fourth-order valence-electron chi connectivity index (χ4n) is 5.09. The molecule has 1 saturated carbocycles. The van der Waals surface area contributed by atoms with Crippen LogP contribution in [0.15, 0.2) is 18.2 Å². The summed E-state index contributed by atoms with van der Waals surface area (Å²) >= 11 is 0. The van der Waals surface area contributed by atoms with E-state index >= 15 is 0 Å². The number of nitrogens with one attached hydrogen (secondary N) is 1. The highest BCUT2D eigenvalue weighted by Crippen LogP contribution is 2.60. The number of hydrogen-bond donors (Lipinski definition) is 1. The zero-order valence-electron chi connectivity index (χ0n) is 15.8. The first-order valence-electron chi connectivity index (χ1n) is 10.1. The molecule has 1 aromatic heterocycles. The molecule has 4 aliphatic rings. The molecule has 1 spiro atoms. The van der Waals surface area contributed by atoms with Gasteiger partial charge in [0.15, 0.2) is 0 Å². The molecule has 0 bridgehead atoms. The summed E-state index contributed by atoms with van der Waals surface area (Å²) in [4.78, 5) is 24.7. The summed E-state index contributed by atoms with van der Waals surface area (Å²) in [6.07, 6.45) is 4.92. The predicted molar refractivity (Wildman–Crippen MR) is 105 cm³/mol. The van der Waals surface area contributed by atoms with Gasteiger partial charge in [0.1, 0.15) is 0 Å². The number of fused-ring (bicyclic) bond motifs is 3. The predicted octanol–water partition coefficient (Wildman–Crippen LogP) is 2.96. The molecule has 3 heterocycles. The lowest BCUT2D eigenvalue weighted by molar-refractivity contribution is -0.118. The van der Waals surface area contributed by atoms with Crippen molar-refractivity contribution in [2.75, 3.05) is 16.8 Å². The maximum absolute atomic E-state index is 12.6. The van der Waals surface area contributed by atoms with Gasteiger partial charge in [0, 0.05) is 35.1 Å². The minimum absolute atomic E-state index is 0.0331. The van der Waals surface area contributed by atoms with Crippen LogP contribution >= 0.6 is 0 Å². The molecule has 140 valence electrons. The molecule has 1 aromatic carbocycles. The van der Waals surface area contributed by atoms with E-state index in [-0.39, 0.29) is 11.8 Å². The Morgan fingerprint density at radius 2 is 2.21 bits per heavy atom. The first-order valence-corrected chi connectivity index (χ1v) is 10.1. The lowest BCUT2D eigenvalue weighted by Gasteiger charge is -2.39. The topological polar surface area (TPSA) is 81.9 Å². The van der Waals surface area contributed by atoms with Gasteiger partial charge in [0.25, 0.3) is 0 Å². The molecule has 2 aliphatic heterocycles. The Bertz CT molecular complexity index is 1090. The van der Waals surface area contributed by atoms with Crippen molar-refractivity contribution in [3.8, 4) is 17.3 Å².